The fourth-order valence-corrected chi connectivity index (χ4v) is 6.36. The van der Waals surface area contributed by atoms with Crippen LogP contribution in [0, 0.1) is 0 Å². The fourth-order valence-electron chi connectivity index (χ4n) is 5.26. The molecule has 0 N–H and O–H groups in total. The van der Waals surface area contributed by atoms with Crippen LogP contribution in [-0.4, -0.2) is 91.4 Å². The molecule has 0 unspecified atom stereocenters. The predicted molar refractivity (Wildman–Crippen MR) is 245 cm³/mol. The second kappa shape index (κ2) is 47.2. The first-order valence-electron chi connectivity index (χ1n) is 20.0. The zero-order chi connectivity index (χ0) is 36.7. The van der Waals surface area contributed by atoms with Crippen molar-refractivity contribution in [3.63, 3.8) is 0 Å². The Kier molecular flexibility index (Phi) is 54.8. The predicted octanol–water partition coefficient (Wildman–Crippen LogP) is 12.5. The summed E-state index contributed by atoms with van der Waals surface area (Å²) in [5.41, 5.74) is 0. The molecule has 3 nitrogen and oxygen atoms in total. The topological polar surface area (TPSA) is 9.72 Å². The van der Waals surface area contributed by atoms with Crippen molar-refractivity contribution in [1.82, 2.24) is 14.7 Å². The van der Waals surface area contributed by atoms with Crippen molar-refractivity contribution in [2.24, 2.45) is 0 Å². The third kappa shape index (κ3) is 45.2. The van der Waals surface area contributed by atoms with Crippen LogP contribution >= 0.6 is 36.7 Å². The van der Waals surface area contributed by atoms with Crippen molar-refractivity contribution < 1.29 is 0 Å². The largest absolute Gasteiger partial charge is 3.00 e. The number of hydrogen-bond acceptors (Lipinski definition) is 6. The van der Waals surface area contributed by atoms with Crippen LogP contribution in [0.5, 0.6) is 0 Å². The molecule has 0 bridgehead atoms. The Bertz CT molecular complexity index is 575. The Balaban J connectivity index is -0.000000307. The number of thiocarbonyl (C=S) groups is 3. The molecule has 0 aliphatic heterocycles. The third-order valence-corrected chi connectivity index (χ3v) is 10.0. The molecule has 0 heterocycles. The van der Waals surface area contributed by atoms with Crippen molar-refractivity contribution in [3.05, 3.63) is 0 Å². The van der Waals surface area contributed by atoms with Gasteiger partial charge >= 0.3 is 24.4 Å². The number of nitrogens with zero attached hydrogens (tertiary/aromatic N) is 3. The summed E-state index contributed by atoms with van der Waals surface area (Å²) in [6.07, 6.45) is 30.9. The van der Waals surface area contributed by atoms with Crippen molar-refractivity contribution in [2.75, 3.05) is 39.3 Å². The van der Waals surface area contributed by atoms with Gasteiger partial charge in [-0.25, -0.2) is 0 Å². The van der Waals surface area contributed by atoms with Gasteiger partial charge in [-0.3, -0.25) is 0 Å². The summed E-state index contributed by atoms with van der Waals surface area (Å²) >= 11 is 30.7. The van der Waals surface area contributed by atoms with Crippen LogP contribution in [0.25, 0.3) is 0 Å². The molecule has 290 valence electrons. The van der Waals surface area contributed by atoms with E-state index < -0.39 is 0 Å². The minimum absolute atomic E-state index is 0. The van der Waals surface area contributed by atoms with Crippen LogP contribution in [0.15, 0.2) is 0 Å². The first-order valence-corrected chi connectivity index (χ1v) is 22.5. The van der Waals surface area contributed by atoms with Crippen molar-refractivity contribution in [3.8, 4) is 0 Å². The molecule has 10 heteroatoms. The zero-order valence-electron chi connectivity index (χ0n) is 33.0. The van der Waals surface area contributed by atoms with Crippen LogP contribution < -0.4 is 0 Å². The third-order valence-electron chi connectivity index (χ3n) is 8.46. The minimum atomic E-state index is 0. The van der Waals surface area contributed by atoms with Crippen molar-refractivity contribution in [2.45, 2.75) is 196 Å². The van der Waals surface area contributed by atoms with Gasteiger partial charge in [0.25, 0.3) is 0 Å². The molecule has 0 aromatic rings. The van der Waals surface area contributed by atoms with Gasteiger partial charge in [0.05, 0.1) is 0 Å². The Morgan fingerprint density at radius 1 is 0.306 bits per heavy atom. The van der Waals surface area contributed by atoms with Gasteiger partial charge in [-0.05, 0) is 38.5 Å². The van der Waals surface area contributed by atoms with Gasteiger partial charge in [-0.1, -0.05) is 170 Å². The first kappa shape index (κ1) is 56.9. The number of unbranched alkanes of at least 4 members (excludes halogenated alkanes) is 18. The number of hydrogen-bond donors (Lipinski definition) is 0. The standard InChI is InChI=1S/3C13H27NS2.Sb/c3*1-3-5-7-9-11-14(13(15)16)12-10-8-6-4-2;/h3*3-12H2,1-2H3,(H,15,16);/q;;;+3/p-3. The van der Waals surface area contributed by atoms with E-state index in [1.807, 2.05) is 0 Å². The smallest absolute Gasteiger partial charge is 0.411 e. The van der Waals surface area contributed by atoms with Gasteiger partial charge in [0, 0.05) is 39.3 Å². The van der Waals surface area contributed by atoms with Crippen LogP contribution in [-0.2, 0) is 37.9 Å². The monoisotopic (exact) mass is 901 g/mol. The van der Waals surface area contributed by atoms with Gasteiger partial charge in [0.15, 0.2) is 0 Å². The first-order chi connectivity index (χ1) is 23.2. The van der Waals surface area contributed by atoms with Crippen LogP contribution in [0.2, 0.25) is 0 Å². The quantitative estimate of drug-likeness (QED) is 0.0299. The molecule has 0 saturated carbocycles. The molecular formula is C39H78N3S6Sb. The second-order valence-corrected chi connectivity index (χ2v) is 16.2. The Labute approximate surface area is 358 Å². The molecule has 0 aliphatic rings. The zero-order valence-corrected chi connectivity index (χ0v) is 40.4. The molecule has 0 amide bonds. The molecular weight excluding hydrogens is 825 g/mol. The molecule has 0 spiro atoms. The van der Waals surface area contributed by atoms with E-state index in [2.05, 4.69) is 56.2 Å². The molecule has 0 rings (SSSR count). The Hall–Kier alpha value is 1.15. The van der Waals surface area contributed by atoms with E-state index in [0.717, 1.165) is 39.3 Å². The Morgan fingerprint density at radius 2 is 0.449 bits per heavy atom. The van der Waals surface area contributed by atoms with Crippen LogP contribution in [0.1, 0.15) is 196 Å². The van der Waals surface area contributed by atoms with Crippen molar-refractivity contribution in [1.29, 1.82) is 0 Å². The molecule has 49 heavy (non-hydrogen) atoms. The maximum Gasteiger partial charge on any atom is 3.00 e. The van der Waals surface area contributed by atoms with E-state index in [0.29, 0.717) is 13.0 Å². The van der Waals surface area contributed by atoms with E-state index in [4.69, 9.17) is 74.5 Å². The maximum atomic E-state index is 5.11. The second-order valence-electron chi connectivity index (χ2n) is 13.1. The summed E-state index contributed by atoms with van der Waals surface area (Å²) in [5.74, 6) is 0. The molecule has 0 aliphatic carbocycles. The maximum absolute atomic E-state index is 5.11. The summed E-state index contributed by atoms with van der Waals surface area (Å²) in [5, 5.41) is 0. The molecule has 0 atom stereocenters. The number of rotatable bonds is 30. The fraction of sp³-hybridized carbons (Fsp3) is 0.923. The van der Waals surface area contributed by atoms with E-state index in [1.165, 1.54) is 154 Å². The van der Waals surface area contributed by atoms with E-state index >= 15 is 0 Å². The normalized spacial score (nSPS) is 10.2. The molecule has 2 radical (unpaired) electrons. The summed E-state index contributed by atoms with van der Waals surface area (Å²) in [6.45, 7) is 19.8. The molecule has 0 aromatic carbocycles. The van der Waals surface area contributed by atoms with E-state index in [-0.39, 0.29) is 24.4 Å². The minimum Gasteiger partial charge on any atom is -0.411 e. The summed E-state index contributed by atoms with van der Waals surface area (Å²) in [6, 6.07) is 0. The average Bonchev–Trinajstić information content (AvgIpc) is 3.06. The summed E-state index contributed by atoms with van der Waals surface area (Å²) in [4.78, 5) is 6.61. The SMILES string of the molecule is CCCCCCN(CCCCCC)C(=S)[S-].CCCCCCN(CCCCCC)C(=S)[S-].CCCCCCN(CCCCCC)C(=S)[S-].[Sb+3]. The van der Waals surface area contributed by atoms with Gasteiger partial charge in [0.1, 0.15) is 0 Å². The van der Waals surface area contributed by atoms with Gasteiger partial charge in [0.2, 0.25) is 0 Å². The van der Waals surface area contributed by atoms with Crippen LogP contribution in [0.3, 0.4) is 0 Å². The van der Waals surface area contributed by atoms with Gasteiger partial charge < -0.3 is 89.2 Å². The van der Waals surface area contributed by atoms with E-state index in [1.54, 1.807) is 0 Å². The molecule has 0 aromatic heterocycles. The summed E-state index contributed by atoms with van der Waals surface area (Å²) < 4.78 is 1.98. The summed E-state index contributed by atoms with van der Waals surface area (Å²) in [7, 11) is 0. The average molecular weight is 903 g/mol. The van der Waals surface area contributed by atoms with Gasteiger partial charge in [-0.2, -0.15) is 0 Å². The van der Waals surface area contributed by atoms with Gasteiger partial charge in [-0.15, -0.1) is 0 Å². The Morgan fingerprint density at radius 3 is 0.551 bits per heavy atom. The van der Waals surface area contributed by atoms with E-state index in [9.17, 15) is 0 Å². The van der Waals surface area contributed by atoms with Crippen LogP contribution in [0.4, 0.5) is 0 Å². The molecule has 0 saturated heterocycles. The molecule has 0 fully saturated rings. The van der Waals surface area contributed by atoms with Crippen molar-refractivity contribution >= 4 is 112 Å².